The van der Waals surface area contributed by atoms with Gasteiger partial charge in [0.15, 0.2) is 11.0 Å². The van der Waals surface area contributed by atoms with Crippen LogP contribution in [0.5, 0.6) is 17.2 Å². The molecule has 3 aromatic rings. The van der Waals surface area contributed by atoms with E-state index < -0.39 is 11.0 Å². The van der Waals surface area contributed by atoms with Crippen LogP contribution in [0.25, 0.3) is 4.91 Å². The van der Waals surface area contributed by atoms with Crippen molar-refractivity contribution in [3.8, 4) is 17.2 Å². The number of ether oxygens (including phenoxy) is 2. The van der Waals surface area contributed by atoms with E-state index in [2.05, 4.69) is 4.72 Å². The van der Waals surface area contributed by atoms with Gasteiger partial charge in [-0.3, -0.25) is 9.52 Å². The molecule has 3 aromatic carbocycles. The largest absolute Gasteiger partial charge is 0.489 e. The van der Waals surface area contributed by atoms with Gasteiger partial charge in [-0.05, 0) is 47.5 Å². The zero-order valence-electron chi connectivity index (χ0n) is 14.8. The van der Waals surface area contributed by atoms with Crippen molar-refractivity contribution in [3.05, 3.63) is 96.1 Å². The van der Waals surface area contributed by atoms with Crippen LogP contribution >= 0.6 is 0 Å². The summed E-state index contributed by atoms with van der Waals surface area (Å²) < 4.78 is 25.7. The van der Waals surface area contributed by atoms with Crippen LogP contribution in [-0.2, 0) is 22.4 Å². The predicted molar refractivity (Wildman–Crippen MR) is 108 cm³/mol. The summed E-state index contributed by atoms with van der Waals surface area (Å²) in [5, 5.41) is 0. The van der Waals surface area contributed by atoms with Gasteiger partial charge in [-0.2, -0.15) is 0 Å². The first-order chi connectivity index (χ1) is 13.7. The summed E-state index contributed by atoms with van der Waals surface area (Å²) in [4.78, 5) is 11.8. The first kappa shape index (κ1) is 18.0. The van der Waals surface area contributed by atoms with E-state index in [0.717, 1.165) is 22.6 Å². The first-order valence-corrected chi connectivity index (χ1v) is 9.81. The molecule has 5 nitrogen and oxygen atoms in total. The smallest absolute Gasteiger partial charge is 0.257 e. The number of para-hydroxylation sites is 1. The number of hydrogen-bond donors (Lipinski definition) is 1. The Bertz CT molecular complexity index is 1030. The predicted octanol–water partition coefficient (Wildman–Crippen LogP) is 4.19. The van der Waals surface area contributed by atoms with Crippen LogP contribution in [0.2, 0.25) is 0 Å². The number of carbonyl (C=O) groups is 1. The molecular weight excluding hydrogens is 374 g/mol. The number of amides is 1. The number of benzene rings is 3. The molecule has 1 atom stereocenters. The van der Waals surface area contributed by atoms with Gasteiger partial charge >= 0.3 is 0 Å². The highest BCUT2D eigenvalue weighted by atomic mass is 32.2. The molecule has 28 heavy (non-hydrogen) atoms. The van der Waals surface area contributed by atoms with Crippen molar-refractivity contribution in [1.82, 2.24) is 4.72 Å². The monoisotopic (exact) mass is 391 g/mol. The Kier molecular flexibility index (Phi) is 5.21. The highest BCUT2D eigenvalue weighted by Gasteiger charge is 2.20. The Labute approximate surface area is 165 Å². The topological polar surface area (TPSA) is 64.6 Å². The van der Waals surface area contributed by atoms with Crippen LogP contribution in [0.15, 0.2) is 84.9 Å². The summed E-state index contributed by atoms with van der Waals surface area (Å²) in [5.74, 6) is 1.91. The summed E-state index contributed by atoms with van der Waals surface area (Å²) in [6, 6.07) is 24.5. The van der Waals surface area contributed by atoms with Gasteiger partial charge in [0.2, 0.25) is 0 Å². The lowest BCUT2D eigenvalue weighted by atomic mass is 10.2. The lowest BCUT2D eigenvalue weighted by Gasteiger charge is -2.09. The molecule has 0 saturated heterocycles. The molecule has 1 unspecified atom stereocenters. The minimum Gasteiger partial charge on any atom is -0.489 e. The molecule has 6 heteroatoms. The van der Waals surface area contributed by atoms with Crippen LogP contribution in [0.4, 0.5) is 0 Å². The third kappa shape index (κ3) is 4.29. The molecule has 1 heterocycles. The fourth-order valence-corrected chi connectivity index (χ4v) is 3.62. The van der Waals surface area contributed by atoms with Gasteiger partial charge in [0.1, 0.15) is 23.9 Å². The quantitative estimate of drug-likeness (QED) is 0.684. The van der Waals surface area contributed by atoms with Crippen molar-refractivity contribution in [3.63, 3.8) is 0 Å². The summed E-state index contributed by atoms with van der Waals surface area (Å²) in [6.45, 7) is 0.416. The van der Waals surface area contributed by atoms with Gasteiger partial charge in [-0.15, -0.1) is 0 Å². The zero-order chi connectivity index (χ0) is 19.3. The van der Waals surface area contributed by atoms with Gasteiger partial charge < -0.3 is 9.47 Å². The van der Waals surface area contributed by atoms with Gasteiger partial charge in [0.25, 0.3) is 5.91 Å². The second-order valence-corrected chi connectivity index (χ2v) is 7.30. The third-order valence-corrected chi connectivity index (χ3v) is 5.24. The molecule has 0 spiro atoms. The van der Waals surface area contributed by atoms with E-state index in [1.54, 1.807) is 24.3 Å². The maximum absolute atomic E-state index is 11.8. The van der Waals surface area contributed by atoms with Crippen LogP contribution in [-0.4, -0.2) is 10.1 Å². The van der Waals surface area contributed by atoms with Gasteiger partial charge in [0, 0.05) is 6.08 Å². The molecule has 1 amide bonds. The molecule has 1 aliphatic heterocycles. The van der Waals surface area contributed by atoms with Crippen molar-refractivity contribution in [2.75, 3.05) is 0 Å². The van der Waals surface area contributed by atoms with Crippen LogP contribution in [0, 0.1) is 0 Å². The van der Waals surface area contributed by atoms with E-state index in [-0.39, 0.29) is 5.91 Å². The van der Waals surface area contributed by atoms with Gasteiger partial charge in [0.05, 0.1) is 4.91 Å². The van der Waals surface area contributed by atoms with Crippen LogP contribution in [0.3, 0.4) is 0 Å². The molecular formula is C22H17NO4S. The second kappa shape index (κ2) is 8.10. The van der Waals surface area contributed by atoms with E-state index in [0.29, 0.717) is 17.3 Å². The molecule has 0 aromatic heterocycles. The van der Waals surface area contributed by atoms with Crippen molar-refractivity contribution in [1.29, 1.82) is 0 Å². The number of nitrogens with one attached hydrogen (secondary N) is 1. The molecule has 0 bridgehead atoms. The van der Waals surface area contributed by atoms with E-state index in [9.17, 15) is 9.00 Å². The van der Waals surface area contributed by atoms with Crippen molar-refractivity contribution in [2.45, 2.75) is 6.61 Å². The maximum Gasteiger partial charge on any atom is 0.257 e. The van der Waals surface area contributed by atoms with Crippen LogP contribution < -0.4 is 14.2 Å². The molecule has 0 saturated carbocycles. The Balaban J connectivity index is 1.35. The summed E-state index contributed by atoms with van der Waals surface area (Å²) in [6.07, 6.45) is 1.35. The third-order valence-electron chi connectivity index (χ3n) is 4.10. The fourth-order valence-electron chi connectivity index (χ4n) is 2.70. The Morgan fingerprint density at radius 2 is 1.43 bits per heavy atom. The van der Waals surface area contributed by atoms with Gasteiger partial charge in [-0.25, -0.2) is 4.21 Å². The minimum absolute atomic E-state index is 0.339. The van der Waals surface area contributed by atoms with E-state index >= 15 is 0 Å². The lowest BCUT2D eigenvalue weighted by molar-refractivity contribution is -0.114. The molecule has 1 aliphatic rings. The Hall–Kier alpha value is -3.38. The summed E-state index contributed by atoms with van der Waals surface area (Å²) in [7, 11) is -1.49. The SMILES string of the molecule is O=C1C=C(c2ccc(OCc3ccc(Oc4ccccc4)cc3)cc2)S(=O)N1. The molecule has 140 valence electrons. The minimum atomic E-state index is -1.49. The Morgan fingerprint density at radius 3 is 2.07 bits per heavy atom. The first-order valence-electron chi connectivity index (χ1n) is 8.66. The highest BCUT2D eigenvalue weighted by molar-refractivity contribution is 7.93. The molecule has 1 N–H and O–H groups in total. The molecule has 0 aliphatic carbocycles. The standard InChI is InChI=1S/C22H17NO4S/c24-22-14-21(28(25)23-22)17-8-12-18(13-9-17)26-15-16-6-10-20(11-7-16)27-19-4-2-1-3-5-19/h1-14H,15H2,(H,23,24). The number of rotatable bonds is 6. The van der Waals surface area contributed by atoms with Crippen LogP contribution in [0.1, 0.15) is 11.1 Å². The maximum atomic E-state index is 11.8. The average molecular weight is 391 g/mol. The highest BCUT2D eigenvalue weighted by Crippen LogP contribution is 2.25. The molecule has 0 radical (unpaired) electrons. The summed E-state index contributed by atoms with van der Waals surface area (Å²) in [5.41, 5.74) is 1.74. The normalized spacial score (nSPS) is 15.6. The fraction of sp³-hybridized carbons (Fsp3) is 0.0455. The number of hydrogen-bond acceptors (Lipinski definition) is 4. The molecule has 0 fully saturated rings. The van der Waals surface area contributed by atoms with E-state index in [1.165, 1.54) is 6.08 Å². The average Bonchev–Trinajstić information content (AvgIpc) is 3.07. The van der Waals surface area contributed by atoms with Gasteiger partial charge in [-0.1, -0.05) is 42.5 Å². The lowest BCUT2D eigenvalue weighted by Crippen LogP contribution is -2.16. The van der Waals surface area contributed by atoms with Crippen molar-refractivity contribution in [2.24, 2.45) is 0 Å². The second-order valence-electron chi connectivity index (χ2n) is 6.12. The Morgan fingerprint density at radius 1 is 0.786 bits per heavy atom. The van der Waals surface area contributed by atoms with E-state index in [4.69, 9.17) is 9.47 Å². The van der Waals surface area contributed by atoms with E-state index in [1.807, 2.05) is 54.6 Å². The molecule has 4 rings (SSSR count). The van der Waals surface area contributed by atoms with Crippen molar-refractivity contribution >= 4 is 21.8 Å². The number of carbonyl (C=O) groups excluding carboxylic acids is 1. The summed E-state index contributed by atoms with van der Waals surface area (Å²) >= 11 is 0. The van der Waals surface area contributed by atoms with Crippen molar-refractivity contribution < 1.29 is 18.5 Å². The zero-order valence-corrected chi connectivity index (χ0v) is 15.6.